The normalized spacial score (nSPS) is 15.5. The summed E-state index contributed by atoms with van der Waals surface area (Å²) in [7, 11) is 4.47. The highest BCUT2D eigenvalue weighted by atomic mass is 19.1. The Bertz CT molecular complexity index is 1770. The van der Waals surface area contributed by atoms with E-state index in [4.69, 9.17) is 14.2 Å². The van der Waals surface area contributed by atoms with Crippen LogP contribution in [0.2, 0.25) is 0 Å². The van der Waals surface area contributed by atoms with Crippen LogP contribution in [0.4, 0.5) is 8.78 Å². The van der Waals surface area contributed by atoms with Crippen molar-refractivity contribution in [1.82, 2.24) is 19.4 Å². The van der Waals surface area contributed by atoms with Crippen LogP contribution in [0, 0.1) is 11.6 Å². The molecule has 0 saturated carbocycles. The van der Waals surface area contributed by atoms with Crippen LogP contribution >= 0.6 is 0 Å². The van der Waals surface area contributed by atoms with Crippen LogP contribution in [0.15, 0.2) is 59.5 Å². The van der Waals surface area contributed by atoms with Gasteiger partial charge in [0.1, 0.15) is 45.6 Å². The van der Waals surface area contributed by atoms with Gasteiger partial charge in [0.05, 0.1) is 38.6 Å². The van der Waals surface area contributed by atoms with Crippen LogP contribution in [-0.4, -0.2) is 59.0 Å². The van der Waals surface area contributed by atoms with E-state index in [9.17, 15) is 18.7 Å². The van der Waals surface area contributed by atoms with Gasteiger partial charge in [-0.2, -0.15) is 0 Å². The molecule has 5 rings (SSSR count). The van der Waals surface area contributed by atoms with Crippen LogP contribution in [0.1, 0.15) is 18.0 Å². The Hall–Kier alpha value is -4.93. The first kappa shape index (κ1) is 27.6. The molecule has 1 atom stereocenters. The number of pyridine rings is 1. The topological polar surface area (TPSA) is 98.9 Å². The highest BCUT2D eigenvalue weighted by Gasteiger charge is 2.30. The third-order valence-electron chi connectivity index (χ3n) is 7.05. The summed E-state index contributed by atoms with van der Waals surface area (Å²) in [5.41, 5.74) is 0.292. The summed E-state index contributed by atoms with van der Waals surface area (Å²) >= 11 is 0. The minimum absolute atomic E-state index is 0.0324. The fourth-order valence-corrected chi connectivity index (χ4v) is 5.06. The summed E-state index contributed by atoms with van der Waals surface area (Å²) in [5, 5.41) is 11.3. The van der Waals surface area contributed by atoms with Crippen LogP contribution in [0.25, 0.3) is 29.5 Å². The predicted octanol–water partition coefficient (Wildman–Crippen LogP) is 3.12. The van der Waals surface area contributed by atoms with Crippen molar-refractivity contribution >= 4 is 12.5 Å². The van der Waals surface area contributed by atoms with Gasteiger partial charge in [-0.15, -0.1) is 0 Å². The van der Waals surface area contributed by atoms with E-state index in [0.717, 1.165) is 12.3 Å². The number of halogens is 2. The van der Waals surface area contributed by atoms with Gasteiger partial charge in [-0.3, -0.25) is 14.3 Å². The molecule has 0 aliphatic carbocycles. The number of methoxy groups -OCH3 is 3. The molecule has 0 bridgehead atoms. The van der Waals surface area contributed by atoms with Crippen molar-refractivity contribution in [3.8, 4) is 34.3 Å². The second kappa shape index (κ2) is 11.3. The molecule has 2 aromatic heterocycles. The number of hydrogen-bond donors (Lipinski definition) is 1. The zero-order valence-electron chi connectivity index (χ0n) is 22.7. The lowest BCUT2D eigenvalue weighted by Crippen LogP contribution is -2.50. The van der Waals surface area contributed by atoms with E-state index in [1.807, 2.05) is 0 Å². The van der Waals surface area contributed by atoms with Gasteiger partial charge in [-0.1, -0.05) is 24.8 Å². The number of ether oxygens (including phenoxy) is 3. The van der Waals surface area contributed by atoms with Gasteiger partial charge in [0.25, 0.3) is 5.56 Å². The van der Waals surface area contributed by atoms with E-state index in [1.165, 1.54) is 30.8 Å². The number of para-hydroxylation sites is 1. The maximum absolute atomic E-state index is 14.4. The number of hydrogen-bond acceptors (Lipinski definition) is 8. The van der Waals surface area contributed by atoms with E-state index < -0.39 is 23.1 Å². The van der Waals surface area contributed by atoms with Crippen LogP contribution in [-0.2, 0) is 0 Å². The molecular weight excluding hydrogens is 534 g/mol. The summed E-state index contributed by atoms with van der Waals surface area (Å²) < 4.78 is 45.7. The molecule has 1 fully saturated rings. The average molecular weight is 563 g/mol. The molecule has 4 aromatic rings. The van der Waals surface area contributed by atoms with Crippen LogP contribution < -0.4 is 30.3 Å². The first-order chi connectivity index (χ1) is 19.8. The summed E-state index contributed by atoms with van der Waals surface area (Å²) in [6.07, 6.45) is 1.38. The summed E-state index contributed by atoms with van der Waals surface area (Å²) in [4.78, 5) is 24.5. The van der Waals surface area contributed by atoms with Gasteiger partial charge in [-0.25, -0.2) is 13.8 Å². The van der Waals surface area contributed by atoms with Crippen molar-refractivity contribution in [3.63, 3.8) is 0 Å². The number of rotatable bonds is 7. The molecule has 0 radical (unpaired) electrons. The summed E-state index contributed by atoms with van der Waals surface area (Å²) in [6, 6.07) is 12.9. The molecule has 1 saturated heterocycles. The summed E-state index contributed by atoms with van der Waals surface area (Å²) in [5.74, 6) is -0.892. The first-order valence-electron chi connectivity index (χ1n) is 12.7. The lowest BCUT2D eigenvalue weighted by atomic mass is 10.0. The second-order valence-electron chi connectivity index (χ2n) is 9.42. The number of likely N-dealkylation sites (tertiary alicyclic amines) is 1. The van der Waals surface area contributed by atoms with Crippen LogP contribution in [0.3, 0.4) is 0 Å². The Morgan fingerprint density at radius 1 is 1.05 bits per heavy atom. The van der Waals surface area contributed by atoms with E-state index in [2.05, 4.69) is 16.5 Å². The van der Waals surface area contributed by atoms with Gasteiger partial charge in [0.15, 0.2) is 0 Å². The number of aliphatic hydroxyl groups excluding tert-OH is 1. The minimum atomic E-state index is -0.772. The monoisotopic (exact) mass is 562 g/mol. The minimum Gasteiger partial charge on any atom is -0.497 e. The zero-order chi connectivity index (χ0) is 29.3. The fraction of sp³-hybridized carbons (Fsp3) is 0.233. The first-order valence-corrected chi connectivity index (χ1v) is 12.7. The Morgan fingerprint density at radius 2 is 1.76 bits per heavy atom. The number of aliphatic hydroxyl groups is 1. The largest absolute Gasteiger partial charge is 0.497 e. The van der Waals surface area contributed by atoms with Crippen molar-refractivity contribution in [3.05, 3.63) is 93.0 Å². The molecule has 41 heavy (non-hydrogen) atoms. The molecule has 2 aromatic carbocycles. The van der Waals surface area contributed by atoms with Gasteiger partial charge in [-0.05, 0) is 30.7 Å². The molecule has 0 spiro atoms. The maximum atomic E-state index is 14.4. The van der Waals surface area contributed by atoms with E-state index >= 15 is 0 Å². The Labute approximate surface area is 234 Å². The third-order valence-corrected chi connectivity index (χ3v) is 7.05. The molecule has 1 unspecified atom stereocenters. The number of nitrogens with zero attached hydrogens (tertiary/aromatic N) is 4. The Kier molecular flexibility index (Phi) is 7.60. The van der Waals surface area contributed by atoms with Gasteiger partial charge >= 0.3 is 0 Å². The lowest BCUT2D eigenvalue weighted by Gasteiger charge is -2.20. The molecule has 0 amide bonds. The van der Waals surface area contributed by atoms with Gasteiger partial charge in [0.2, 0.25) is 5.88 Å². The summed E-state index contributed by atoms with van der Waals surface area (Å²) in [6.45, 7) is 4.43. The quantitative estimate of drug-likeness (QED) is 0.367. The van der Waals surface area contributed by atoms with Gasteiger partial charge in [0, 0.05) is 30.6 Å². The maximum Gasteiger partial charge on any atom is 0.271 e. The SMILES string of the molecule is C=c1nc(-c2cccc(OC)c2)n(-c2c(OC)cccc2OC)c(=O)c1=C(O)N1CCC(c2ncc(F)cc2F)C1. The molecule has 3 heterocycles. The number of benzene rings is 2. The molecular formula is C30H28F2N4O5. The lowest BCUT2D eigenvalue weighted by molar-refractivity contribution is 0.321. The molecule has 212 valence electrons. The van der Waals surface area contributed by atoms with Crippen molar-refractivity contribution in [2.75, 3.05) is 34.4 Å². The second-order valence-corrected chi connectivity index (χ2v) is 9.42. The Morgan fingerprint density at radius 3 is 2.41 bits per heavy atom. The van der Waals surface area contributed by atoms with Crippen molar-refractivity contribution < 1.29 is 28.1 Å². The Balaban J connectivity index is 1.74. The fourth-order valence-electron chi connectivity index (χ4n) is 5.06. The van der Waals surface area contributed by atoms with Crippen molar-refractivity contribution in [2.45, 2.75) is 12.3 Å². The van der Waals surface area contributed by atoms with Crippen molar-refractivity contribution in [1.29, 1.82) is 0 Å². The van der Waals surface area contributed by atoms with E-state index in [-0.39, 0.29) is 40.2 Å². The molecule has 11 heteroatoms. The van der Waals surface area contributed by atoms with E-state index in [0.29, 0.717) is 35.8 Å². The van der Waals surface area contributed by atoms with Crippen molar-refractivity contribution in [2.24, 2.45) is 0 Å². The molecule has 9 nitrogen and oxygen atoms in total. The molecule has 1 aliphatic rings. The molecule has 1 N–H and O–H groups in total. The highest BCUT2D eigenvalue weighted by molar-refractivity contribution is 5.66. The smallest absolute Gasteiger partial charge is 0.271 e. The third kappa shape index (κ3) is 5.06. The highest BCUT2D eigenvalue weighted by Crippen LogP contribution is 2.34. The average Bonchev–Trinajstić information content (AvgIpc) is 3.46. The van der Waals surface area contributed by atoms with E-state index in [1.54, 1.807) is 42.5 Å². The molecule has 1 aliphatic heterocycles. The number of aromatic nitrogens is 3. The predicted molar refractivity (Wildman–Crippen MR) is 149 cm³/mol. The zero-order valence-corrected chi connectivity index (χ0v) is 22.7. The van der Waals surface area contributed by atoms with Gasteiger partial charge < -0.3 is 24.2 Å². The van der Waals surface area contributed by atoms with Crippen LogP contribution in [0.5, 0.6) is 17.2 Å². The standard InChI is InChI=1S/C30H28F2N4O5/c1-17-25(29(37)35-12-11-19(16-35)26-22(32)14-20(31)15-33-26)30(38)36(27-23(40-3)9-6-10-24(27)41-4)28(34-17)18-7-5-8-21(13-18)39-2/h5-10,13-15,19,37H,1,11-12,16H2,2-4H3.